The maximum absolute atomic E-state index is 12.0. The van der Waals surface area contributed by atoms with E-state index in [0.717, 1.165) is 51.3 Å². The molecule has 3 rings (SSSR count). The predicted molar refractivity (Wildman–Crippen MR) is 114 cm³/mol. The number of benzene rings is 2. The van der Waals surface area contributed by atoms with Crippen LogP contribution in [0.15, 0.2) is 54.6 Å². The Morgan fingerprint density at radius 2 is 1.57 bits per heavy atom. The van der Waals surface area contributed by atoms with Gasteiger partial charge in [-0.15, -0.1) is 0 Å². The Balaban J connectivity index is 1.30. The number of amides is 1. The van der Waals surface area contributed by atoms with Crippen LogP contribution in [0.2, 0.25) is 0 Å². The van der Waals surface area contributed by atoms with Gasteiger partial charge in [0.25, 0.3) is 5.91 Å². The fraction of sp³-hybridized carbons (Fsp3) is 0.435. The average molecular weight is 382 g/mol. The van der Waals surface area contributed by atoms with Crippen molar-refractivity contribution in [2.75, 3.05) is 52.4 Å². The highest BCUT2D eigenvalue weighted by molar-refractivity contribution is 5.77. The van der Waals surface area contributed by atoms with Crippen molar-refractivity contribution in [2.24, 2.45) is 0 Å². The van der Waals surface area contributed by atoms with Crippen LogP contribution < -0.4 is 10.1 Å². The van der Waals surface area contributed by atoms with E-state index < -0.39 is 0 Å². The normalized spacial score (nSPS) is 15.3. The minimum atomic E-state index is -0.0667. The monoisotopic (exact) mass is 381 g/mol. The molecule has 0 unspecified atom stereocenters. The molecule has 1 saturated heterocycles. The molecule has 1 fully saturated rings. The maximum Gasteiger partial charge on any atom is 0.257 e. The lowest BCUT2D eigenvalue weighted by Crippen LogP contribution is -2.46. The molecule has 0 saturated carbocycles. The molecule has 5 heteroatoms. The van der Waals surface area contributed by atoms with Crippen molar-refractivity contribution < 1.29 is 9.53 Å². The van der Waals surface area contributed by atoms with Gasteiger partial charge in [-0.2, -0.15) is 0 Å². The van der Waals surface area contributed by atoms with Gasteiger partial charge in [-0.25, -0.2) is 0 Å². The van der Waals surface area contributed by atoms with Crippen LogP contribution in [0.5, 0.6) is 5.75 Å². The fourth-order valence-electron chi connectivity index (χ4n) is 3.43. The first-order chi connectivity index (χ1) is 13.7. The van der Waals surface area contributed by atoms with Crippen LogP contribution in [-0.2, 0) is 4.79 Å². The fourth-order valence-corrected chi connectivity index (χ4v) is 3.43. The summed E-state index contributed by atoms with van der Waals surface area (Å²) in [7, 11) is 0. The smallest absolute Gasteiger partial charge is 0.257 e. The SMILES string of the molecule is CCN1CCN(CCCNC(=O)COc2ccc(-c3ccccc3)cc2)CC1. The number of hydrogen-bond donors (Lipinski definition) is 1. The Kier molecular flexibility index (Phi) is 7.88. The molecule has 2 aromatic carbocycles. The van der Waals surface area contributed by atoms with E-state index >= 15 is 0 Å². The van der Waals surface area contributed by atoms with Crippen molar-refractivity contribution in [3.05, 3.63) is 54.6 Å². The highest BCUT2D eigenvalue weighted by Gasteiger charge is 2.14. The first kappa shape index (κ1) is 20.4. The van der Waals surface area contributed by atoms with E-state index in [0.29, 0.717) is 12.3 Å². The van der Waals surface area contributed by atoms with Crippen LogP contribution in [0.1, 0.15) is 13.3 Å². The second kappa shape index (κ2) is 10.8. The van der Waals surface area contributed by atoms with Gasteiger partial charge in [0, 0.05) is 32.7 Å². The zero-order chi connectivity index (χ0) is 19.6. The summed E-state index contributed by atoms with van der Waals surface area (Å²) in [6.07, 6.45) is 0.976. The third kappa shape index (κ3) is 6.36. The number of rotatable bonds is 9. The van der Waals surface area contributed by atoms with Crippen molar-refractivity contribution in [3.8, 4) is 16.9 Å². The zero-order valence-corrected chi connectivity index (χ0v) is 16.8. The van der Waals surface area contributed by atoms with E-state index in [9.17, 15) is 4.79 Å². The number of likely N-dealkylation sites (N-methyl/N-ethyl adjacent to an activating group) is 1. The van der Waals surface area contributed by atoms with E-state index in [1.54, 1.807) is 0 Å². The van der Waals surface area contributed by atoms with Crippen molar-refractivity contribution in [1.82, 2.24) is 15.1 Å². The average Bonchev–Trinajstić information content (AvgIpc) is 2.76. The molecule has 0 bridgehead atoms. The molecule has 0 radical (unpaired) electrons. The molecule has 150 valence electrons. The van der Waals surface area contributed by atoms with Crippen LogP contribution >= 0.6 is 0 Å². The highest BCUT2D eigenvalue weighted by atomic mass is 16.5. The van der Waals surface area contributed by atoms with Gasteiger partial charge in [0.15, 0.2) is 6.61 Å². The van der Waals surface area contributed by atoms with Crippen molar-refractivity contribution >= 4 is 5.91 Å². The molecule has 1 amide bonds. The molecule has 1 N–H and O–H groups in total. The van der Waals surface area contributed by atoms with Crippen molar-refractivity contribution in [2.45, 2.75) is 13.3 Å². The number of nitrogens with one attached hydrogen (secondary N) is 1. The van der Waals surface area contributed by atoms with Gasteiger partial charge < -0.3 is 19.9 Å². The second-order valence-corrected chi connectivity index (χ2v) is 7.16. The van der Waals surface area contributed by atoms with Gasteiger partial charge in [0.2, 0.25) is 0 Å². The van der Waals surface area contributed by atoms with Crippen LogP contribution in [0.3, 0.4) is 0 Å². The van der Waals surface area contributed by atoms with Crippen molar-refractivity contribution in [3.63, 3.8) is 0 Å². The summed E-state index contributed by atoms with van der Waals surface area (Å²) in [5.74, 6) is 0.645. The van der Waals surface area contributed by atoms with E-state index in [4.69, 9.17) is 4.74 Å². The third-order valence-corrected chi connectivity index (χ3v) is 5.22. The molecule has 0 aliphatic carbocycles. The molecule has 0 spiro atoms. The van der Waals surface area contributed by atoms with Gasteiger partial charge in [0.05, 0.1) is 0 Å². The molecule has 28 heavy (non-hydrogen) atoms. The van der Waals surface area contributed by atoms with E-state index in [1.807, 2.05) is 42.5 Å². The van der Waals surface area contributed by atoms with Crippen LogP contribution in [-0.4, -0.2) is 68.1 Å². The van der Waals surface area contributed by atoms with Crippen LogP contribution in [0, 0.1) is 0 Å². The summed E-state index contributed by atoms with van der Waals surface area (Å²) in [6.45, 7) is 9.71. The number of piperazine rings is 1. The van der Waals surface area contributed by atoms with Crippen LogP contribution in [0.25, 0.3) is 11.1 Å². The first-order valence-electron chi connectivity index (χ1n) is 10.2. The standard InChI is InChI=1S/C23H31N3O2/c1-2-25-15-17-26(18-16-25)14-6-13-24-23(27)19-28-22-11-9-21(10-12-22)20-7-4-3-5-8-20/h3-5,7-12H,2,6,13-19H2,1H3,(H,24,27). The number of nitrogens with zero attached hydrogens (tertiary/aromatic N) is 2. The molecule has 0 atom stereocenters. The molecule has 2 aromatic rings. The molecule has 1 heterocycles. The summed E-state index contributed by atoms with van der Waals surface area (Å²) < 4.78 is 5.60. The topological polar surface area (TPSA) is 44.8 Å². The summed E-state index contributed by atoms with van der Waals surface area (Å²) in [5, 5.41) is 2.95. The Morgan fingerprint density at radius 1 is 0.929 bits per heavy atom. The number of ether oxygens (including phenoxy) is 1. The van der Waals surface area contributed by atoms with Gasteiger partial charge in [-0.1, -0.05) is 49.4 Å². The Labute approximate surface area is 168 Å². The Hall–Kier alpha value is -2.37. The lowest BCUT2D eigenvalue weighted by molar-refractivity contribution is -0.123. The Bertz CT molecular complexity index is 710. The van der Waals surface area contributed by atoms with Gasteiger partial charge in [-0.3, -0.25) is 4.79 Å². The largest absolute Gasteiger partial charge is 0.484 e. The minimum Gasteiger partial charge on any atom is -0.484 e. The van der Waals surface area contributed by atoms with Gasteiger partial charge in [0.1, 0.15) is 5.75 Å². The lowest BCUT2D eigenvalue weighted by atomic mass is 10.1. The van der Waals surface area contributed by atoms with Gasteiger partial charge >= 0.3 is 0 Å². The number of hydrogen-bond acceptors (Lipinski definition) is 4. The molecular weight excluding hydrogens is 350 g/mol. The first-order valence-corrected chi connectivity index (χ1v) is 10.2. The summed E-state index contributed by atoms with van der Waals surface area (Å²) >= 11 is 0. The summed E-state index contributed by atoms with van der Waals surface area (Å²) in [6, 6.07) is 18.1. The van der Waals surface area contributed by atoms with E-state index in [-0.39, 0.29) is 12.5 Å². The summed E-state index contributed by atoms with van der Waals surface area (Å²) in [4.78, 5) is 16.9. The second-order valence-electron chi connectivity index (χ2n) is 7.16. The molecular formula is C23H31N3O2. The highest BCUT2D eigenvalue weighted by Crippen LogP contribution is 2.21. The molecule has 5 nitrogen and oxygen atoms in total. The zero-order valence-electron chi connectivity index (χ0n) is 16.8. The van der Waals surface area contributed by atoms with Crippen LogP contribution in [0.4, 0.5) is 0 Å². The minimum absolute atomic E-state index is 0.0554. The maximum atomic E-state index is 12.0. The van der Waals surface area contributed by atoms with Gasteiger partial charge in [-0.05, 0) is 42.8 Å². The lowest BCUT2D eigenvalue weighted by Gasteiger charge is -2.33. The van der Waals surface area contributed by atoms with Crippen molar-refractivity contribution in [1.29, 1.82) is 0 Å². The van der Waals surface area contributed by atoms with E-state index in [2.05, 4.69) is 34.2 Å². The molecule has 1 aliphatic heterocycles. The number of carbonyl (C=O) groups is 1. The molecule has 1 aliphatic rings. The third-order valence-electron chi connectivity index (χ3n) is 5.22. The number of carbonyl (C=O) groups excluding carboxylic acids is 1. The summed E-state index contributed by atoms with van der Waals surface area (Å²) in [5.41, 5.74) is 2.31. The quantitative estimate of drug-likeness (QED) is 0.679. The predicted octanol–water partition coefficient (Wildman–Crippen LogP) is 2.88. The Morgan fingerprint density at radius 3 is 2.25 bits per heavy atom. The molecule has 0 aromatic heterocycles. The van der Waals surface area contributed by atoms with E-state index in [1.165, 1.54) is 5.56 Å².